The number of nitrogens with one attached hydrogen (secondary N) is 1. The van der Waals surface area contributed by atoms with E-state index in [9.17, 15) is 19.5 Å². The summed E-state index contributed by atoms with van der Waals surface area (Å²) in [5, 5.41) is 11.8. The quantitative estimate of drug-likeness (QED) is 0.825. The fraction of sp³-hybridized carbons (Fsp3) is 0.438. The van der Waals surface area contributed by atoms with E-state index in [1.54, 1.807) is 33.8 Å². The summed E-state index contributed by atoms with van der Waals surface area (Å²) < 4.78 is 9.79. The Labute approximate surface area is 134 Å². The molecule has 7 heteroatoms. The number of aromatic carboxylic acids is 1. The van der Waals surface area contributed by atoms with Crippen LogP contribution in [0.15, 0.2) is 12.1 Å². The van der Waals surface area contributed by atoms with Crippen LogP contribution >= 0.6 is 0 Å². The van der Waals surface area contributed by atoms with Gasteiger partial charge in [0.15, 0.2) is 0 Å². The lowest BCUT2D eigenvalue weighted by Crippen LogP contribution is -2.33. The predicted octanol–water partition coefficient (Wildman–Crippen LogP) is 2.50. The van der Waals surface area contributed by atoms with Crippen LogP contribution in [-0.4, -0.2) is 35.8 Å². The molecule has 0 aliphatic carbocycles. The van der Waals surface area contributed by atoms with E-state index in [-0.39, 0.29) is 17.7 Å². The molecular formula is C16H21NO6. The number of amides is 1. The largest absolute Gasteiger partial charge is 0.478 e. The van der Waals surface area contributed by atoms with Gasteiger partial charge in [0.25, 0.3) is 0 Å². The molecule has 0 atom stereocenters. The Morgan fingerprint density at radius 2 is 1.83 bits per heavy atom. The van der Waals surface area contributed by atoms with Crippen molar-refractivity contribution in [1.29, 1.82) is 0 Å². The number of carboxylic acids is 1. The van der Waals surface area contributed by atoms with Crippen LogP contribution in [-0.2, 0) is 16.0 Å². The predicted molar refractivity (Wildman–Crippen MR) is 82.6 cm³/mol. The number of carboxylic acid groups (broad SMARTS) is 1. The van der Waals surface area contributed by atoms with Crippen LogP contribution in [0.1, 0.15) is 52.6 Å². The van der Waals surface area contributed by atoms with Gasteiger partial charge >= 0.3 is 18.0 Å². The number of ether oxygens (including phenoxy) is 2. The van der Waals surface area contributed by atoms with E-state index < -0.39 is 23.6 Å². The molecular weight excluding hydrogens is 302 g/mol. The smallest absolute Gasteiger partial charge is 0.407 e. The van der Waals surface area contributed by atoms with Gasteiger partial charge in [-0.05, 0) is 44.9 Å². The van der Waals surface area contributed by atoms with Gasteiger partial charge in [0.1, 0.15) is 5.60 Å². The molecule has 0 saturated heterocycles. The number of benzene rings is 1. The summed E-state index contributed by atoms with van der Waals surface area (Å²) in [5.41, 5.74) is 0.126. The number of carbonyl (C=O) groups excluding carboxylic acids is 2. The van der Waals surface area contributed by atoms with Crippen LogP contribution in [0.5, 0.6) is 0 Å². The molecule has 23 heavy (non-hydrogen) atoms. The number of rotatable bonds is 4. The maximum atomic E-state index is 12.0. The molecule has 0 aromatic heterocycles. The monoisotopic (exact) mass is 323 g/mol. The standard InChI is InChI=1S/C16H21NO6/c1-9-6-7-10(13(18)19)12(14(20)22-5)11(9)8-17-15(21)23-16(2,3)4/h6-7H,8H2,1-5H3,(H,17,21)(H,18,19). The third kappa shape index (κ3) is 4.98. The first-order valence-corrected chi connectivity index (χ1v) is 6.97. The second kappa shape index (κ2) is 7.13. The molecule has 0 radical (unpaired) electrons. The van der Waals surface area contributed by atoms with Crippen molar-refractivity contribution < 1.29 is 29.0 Å². The zero-order valence-electron chi connectivity index (χ0n) is 13.9. The molecule has 1 aromatic carbocycles. The summed E-state index contributed by atoms with van der Waals surface area (Å²) in [5.74, 6) is -2.02. The third-order valence-corrected chi connectivity index (χ3v) is 2.98. The highest BCUT2D eigenvalue weighted by Gasteiger charge is 2.24. The average molecular weight is 323 g/mol. The van der Waals surface area contributed by atoms with Crippen molar-refractivity contribution in [3.8, 4) is 0 Å². The van der Waals surface area contributed by atoms with Gasteiger partial charge in [0.05, 0.1) is 18.2 Å². The van der Waals surface area contributed by atoms with Crippen LogP contribution < -0.4 is 5.32 Å². The molecule has 2 N–H and O–H groups in total. The van der Waals surface area contributed by atoms with Crippen LogP contribution in [0.3, 0.4) is 0 Å². The summed E-state index contributed by atoms with van der Waals surface area (Å²) in [6.07, 6.45) is -0.659. The number of hydrogen-bond donors (Lipinski definition) is 2. The van der Waals surface area contributed by atoms with Crippen LogP contribution in [0.2, 0.25) is 0 Å². The molecule has 0 aliphatic rings. The van der Waals surface area contributed by atoms with Crippen LogP contribution in [0, 0.1) is 6.92 Å². The molecule has 0 bridgehead atoms. The van der Waals surface area contributed by atoms with E-state index in [4.69, 9.17) is 4.74 Å². The van der Waals surface area contributed by atoms with Gasteiger partial charge < -0.3 is 19.9 Å². The van der Waals surface area contributed by atoms with Crippen molar-refractivity contribution in [3.63, 3.8) is 0 Å². The Morgan fingerprint density at radius 1 is 1.22 bits per heavy atom. The minimum atomic E-state index is -1.25. The van der Waals surface area contributed by atoms with Gasteiger partial charge in [-0.2, -0.15) is 0 Å². The zero-order valence-corrected chi connectivity index (χ0v) is 13.9. The fourth-order valence-corrected chi connectivity index (χ4v) is 1.97. The van der Waals surface area contributed by atoms with Crippen molar-refractivity contribution in [2.24, 2.45) is 0 Å². The van der Waals surface area contributed by atoms with E-state index >= 15 is 0 Å². The van der Waals surface area contributed by atoms with E-state index in [0.29, 0.717) is 11.1 Å². The molecule has 126 valence electrons. The minimum absolute atomic E-state index is 0.0493. The first kappa shape index (κ1) is 18.5. The Kier molecular flexibility index (Phi) is 5.73. The van der Waals surface area contributed by atoms with E-state index in [0.717, 1.165) is 0 Å². The Bertz CT molecular complexity index is 630. The number of methoxy groups -OCH3 is 1. The molecule has 7 nitrogen and oxygen atoms in total. The molecule has 0 heterocycles. The summed E-state index contributed by atoms with van der Waals surface area (Å²) >= 11 is 0. The summed E-state index contributed by atoms with van der Waals surface area (Å²) in [6, 6.07) is 2.91. The normalized spacial score (nSPS) is 10.8. The number of hydrogen-bond acceptors (Lipinski definition) is 5. The summed E-state index contributed by atoms with van der Waals surface area (Å²) in [6.45, 7) is 6.84. The SMILES string of the molecule is COC(=O)c1c(C(=O)O)ccc(C)c1CNC(=O)OC(C)(C)C. The first-order valence-electron chi connectivity index (χ1n) is 6.97. The molecule has 0 unspecified atom stereocenters. The fourth-order valence-electron chi connectivity index (χ4n) is 1.97. The molecule has 0 fully saturated rings. The van der Waals surface area contributed by atoms with Crippen molar-refractivity contribution in [1.82, 2.24) is 5.32 Å². The summed E-state index contributed by atoms with van der Waals surface area (Å²) in [4.78, 5) is 35.0. The Hall–Kier alpha value is -2.57. The third-order valence-electron chi connectivity index (χ3n) is 2.98. The lowest BCUT2D eigenvalue weighted by Gasteiger charge is -2.20. The minimum Gasteiger partial charge on any atom is -0.478 e. The molecule has 0 saturated carbocycles. The topological polar surface area (TPSA) is 102 Å². The second-order valence-electron chi connectivity index (χ2n) is 5.94. The lowest BCUT2D eigenvalue weighted by molar-refractivity contribution is 0.0518. The molecule has 0 spiro atoms. The maximum Gasteiger partial charge on any atom is 0.407 e. The van der Waals surface area contributed by atoms with Crippen molar-refractivity contribution in [2.45, 2.75) is 39.8 Å². The van der Waals surface area contributed by atoms with Gasteiger partial charge in [-0.15, -0.1) is 0 Å². The second-order valence-corrected chi connectivity index (χ2v) is 5.94. The molecule has 0 aliphatic heterocycles. The number of aryl methyl sites for hydroxylation is 1. The molecule has 1 amide bonds. The lowest BCUT2D eigenvalue weighted by atomic mass is 9.96. The van der Waals surface area contributed by atoms with Crippen LogP contribution in [0.25, 0.3) is 0 Å². The molecule has 1 rings (SSSR count). The van der Waals surface area contributed by atoms with Gasteiger partial charge in [-0.3, -0.25) is 0 Å². The zero-order chi connectivity index (χ0) is 17.8. The Balaban J connectivity index is 3.14. The summed E-state index contributed by atoms with van der Waals surface area (Å²) in [7, 11) is 1.17. The number of alkyl carbamates (subject to hydrolysis) is 1. The van der Waals surface area contributed by atoms with E-state index in [1.807, 2.05) is 0 Å². The van der Waals surface area contributed by atoms with E-state index in [2.05, 4.69) is 10.1 Å². The van der Waals surface area contributed by atoms with Crippen molar-refractivity contribution in [3.05, 3.63) is 34.4 Å². The van der Waals surface area contributed by atoms with Crippen molar-refractivity contribution in [2.75, 3.05) is 7.11 Å². The molecule has 1 aromatic rings. The van der Waals surface area contributed by atoms with Gasteiger partial charge in [-0.1, -0.05) is 6.07 Å². The number of esters is 1. The van der Waals surface area contributed by atoms with Gasteiger partial charge in [0, 0.05) is 6.54 Å². The van der Waals surface area contributed by atoms with Gasteiger partial charge in [0.2, 0.25) is 0 Å². The maximum absolute atomic E-state index is 12.0. The Morgan fingerprint density at radius 3 is 2.30 bits per heavy atom. The highest BCUT2D eigenvalue weighted by Crippen LogP contribution is 2.21. The van der Waals surface area contributed by atoms with E-state index in [1.165, 1.54) is 13.2 Å². The van der Waals surface area contributed by atoms with Crippen LogP contribution in [0.4, 0.5) is 4.79 Å². The highest BCUT2D eigenvalue weighted by atomic mass is 16.6. The highest BCUT2D eigenvalue weighted by molar-refractivity contribution is 6.03. The van der Waals surface area contributed by atoms with Gasteiger partial charge in [-0.25, -0.2) is 14.4 Å². The number of carbonyl (C=O) groups is 3. The first-order chi connectivity index (χ1) is 10.6. The van der Waals surface area contributed by atoms with Crippen molar-refractivity contribution >= 4 is 18.0 Å². The average Bonchev–Trinajstić information content (AvgIpc) is 2.42.